The third kappa shape index (κ3) is 3.67. The zero-order chi connectivity index (χ0) is 13.0. The Balaban J connectivity index is 1.86. The highest BCUT2D eigenvalue weighted by Crippen LogP contribution is 2.20. The van der Waals surface area contributed by atoms with E-state index < -0.39 is 0 Å². The zero-order valence-electron chi connectivity index (χ0n) is 10.6. The van der Waals surface area contributed by atoms with Gasteiger partial charge in [-0.1, -0.05) is 17.7 Å². The van der Waals surface area contributed by atoms with Crippen molar-refractivity contribution in [3.8, 4) is 0 Å². The van der Waals surface area contributed by atoms with E-state index in [2.05, 4.69) is 5.32 Å². The Kier molecular flexibility index (Phi) is 4.98. The summed E-state index contributed by atoms with van der Waals surface area (Å²) in [4.78, 5) is 0. The van der Waals surface area contributed by atoms with Gasteiger partial charge in [-0.15, -0.1) is 0 Å². The highest BCUT2D eigenvalue weighted by atomic mass is 35.5. The molecule has 1 saturated heterocycles. The number of hydrogen-bond donors (Lipinski definition) is 1. The molecule has 0 spiro atoms. The zero-order valence-corrected chi connectivity index (χ0v) is 11.3. The summed E-state index contributed by atoms with van der Waals surface area (Å²) in [5.74, 6) is -0.364. The van der Waals surface area contributed by atoms with Gasteiger partial charge >= 0.3 is 0 Å². The van der Waals surface area contributed by atoms with E-state index in [1.807, 2.05) is 13.0 Å². The first-order valence-corrected chi connectivity index (χ1v) is 6.84. The highest BCUT2D eigenvalue weighted by Gasteiger charge is 2.15. The standard InChI is InChI=1S/C14H19ClFNO/c1-10(11-5-6-13(15)14(16)8-11)17-9-12-4-2-3-7-18-12/h5-6,8,10,12,17H,2-4,7,9H2,1H3. The van der Waals surface area contributed by atoms with Crippen LogP contribution in [0.15, 0.2) is 18.2 Å². The second kappa shape index (κ2) is 6.50. The summed E-state index contributed by atoms with van der Waals surface area (Å²) in [6.07, 6.45) is 3.79. The van der Waals surface area contributed by atoms with Crippen molar-refractivity contribution in [2.75, 3.05) is 13.2 Å². The second-order valence-corrected chi connectivity index (χ2v) is 5.20. The molecule has 1 aliphatic heterocycles. The van der Waals surface area contributed by atoms with Gasteiger partial charge in [0.15, 0.2) is 0 Å². The first-order chi connectivity index (χ1) is 8.66. The Morgan fingerprint density at radius 3 is 3.00 bits per heavy atom. The predicted molar refractivity (Wildman–Crippen MR) is 71.4 cm³/mol. The largest absolute Gasteiger partial charge is 0.377 e. The minimum absolute atomic E-state index is 0.0993. The molecule has 0 radical (unpaired) electrons. The molecule has 1 aliphatic rings. The molecule has 1 heterocycles. The van der Waals surface area contributed by atoms with E-state index in [1.54, 1.807) is 6.07 Å². The Hall–Kier alpha value is -0.640. The van der Waals surface area contributed by atoms with Crippen LogP contribution in [0.2, 0.25) is 5.02 Å². The number of ether oxygens (including phenoxy) is 1. The maximum atomic E-state index is 13.4. The highest BCUT2D eigenvalue weighted by molar-refractivity contribution is 6.30. The summed E-state index contributed by atoms with van der Waals surface area (Å²) in [5.41, 5.74) is 0.910. The number of nitrogens with one attached hydrogen (secondary N) is 1. The second-order valence-electron chi connectivity index (χ2n) is 4.79. The van der Waals surface area contributed by atoms with Crippen LogP contribution in [-0.2, 0) is 4.74 Å². The Labute approximate surface area is 112 Å². The van der Waals surface area contributed by atoms with Gasteiger partial charge < -0.3 is 10.1 Å². The molecule has 1 fully saturated rings. The van der Waals surface area contributed by atoms with Crippen LogP contribution >= 0.6 is 11.6 Å². The van der Waals surface area contributed by atoms with Crippen LogP contribution < -0.4 is 5.32 Å². The van der Waals surface area contributed by atoms with Crippen LogP contribution in [0.25, 0.3) is 0 Å². The van der Waals surface area contributed by atoms with Gasteiger partial charge in [0.1, 0.15) is 5.82 Å². The molecule has 1 aromatic rings. The quantitative estimate of drug-likeness (QED) is 0.902. The van der Waals surface area contributed by atoms with E-state index in [-0.39, 0.29) is 16.9 Å². The smallest absolute Gasteiger partial charge is 0.142 e. The van der Waals surface area contributed by atoms with Crippen molar-refractivity contribution in [2.24, 2.45) is 0 Å². The summed E-state index contributed by atoms with van der Waals surface area (Å²) in [6.45, 7) is 3.69. The van der Waals surface area contributed by atoms with Crippen LogP contribution in [0.4, 0.5) is 4.39 Å². The van der Waals surface area contributed by atoms with E-state index >= 15 is 0 Å². The molecule has 18 heavy (non-hydrogen) atoms. The third-order valence-electron chi connectivity index (χ3n) is 3.37. The lowest BCUT2D eigenvalue weighted by Crippen LogP contribution is -2.33. The van der Waals surface area contributed by atoms with Crippen molar-refractivity contribution >= 4 is 11.6 Å². The molecular weight excluding hydrogens is 253 g/mol. The van der Waals surface area contributed by atoms with Crippen molar-refractivity contribution in [1.82, 2.24) is 5.32 Å². The van der Waals surface area contributed by atoms with Crippen molar-refractivity contribution in [3.05, 3.63) is 34.6 Å². The average molecular weight is 272 g/mol. The molecule has 0 aliphatic carbocycles. The van der Waals surface area contributed by atoms with Gasteiger partial charge in [-0.3, -0.25) is 0 Å². The summed E-state index contributed by atoms with van der Waals surface area (Å²) in [7, 11) is 0. The van der Waals surface area contributed by atoms with Crippen molar-refractivity contribution < 1.29 is 9.13 Å². The van der Waals surface area contributed by atoms with Crippen molar-refractivity contribution in [1.29, 1.82) is 0 Å². The van der Waals surface area contributed by atoms with Crippen molar-refractivity contribution in [3.63, 3.8) is 0 Å². The van der Waals surface area contributed by atoms with Crippen LogP contribution in [0, 0.1) is 5.82 Å². The van der Waals surface area contributed by atoms with E-state index in [4.69, 9.17) is 16.3 Å². The van der Waals surface area contributed by atoms with Crippen LogP contribution in [0.1, 0.15) is 37.8 Å². The maximum absolute atomic E-state index is 13.4. The van der Waals surface area contributed by atoms with E-state index in [1.165, 1.54) is 12.5 Å². The Morgan fingerprint density at radius 1 is 1.50 bits per heavy atom. The molecule has 0 aromatic heterocycles. The van der Waals surface area contributed by atoms with Gasteiger partial charge in [0.05, 0.1) is 11.1 Å². The minimum atomic E-state index is -0.364. The topological polar surface area (TPSA) is 21.3 Å². The molecule has 2 nitrogen and oxygen atoms in total. The lowest BCUT2D eigenvalue weighted by atomic mass is 10.1. The number of benzene rings is 1. The van der Waals surface area contributed by atoms with Gasteiger partial charge in [-0.05, 0) is 43.9 Å². The SMILES string of the molecule is CC(NCC1CCCCO1)c1ccc(Cl)c(F)c1. The molecule has 0 amide bonds. The minimum Gasteiger partial charge on any atom is -0.377 e. The Morgan fingerprint density at radius 2 is 2.33 bits per heavy atom. The molecule has 0 saturated carbocycles. The monoisotopic (exact) mass is 271 g/mol. The maximum Gasteiger partial charge on any atom is 0.142 e. The molecule has 2 atom stereocenters. The summed E-state index contributed by atoms with van der Waals surface area (Å²) in [5, 5.41) is 3.55. The van der Waals surface area contributed by atoms with E-state index in [0.29, 0.717) is 6.10 Å². The van der Waals surface area contributed by atoms with Gasteiger partial charge in [0, 0.05) is 19.2 Å². The van der Waals surface area contributed by atoms with Gasteiger partial charge in [0.25, 0.3) is 0 Å². The van der Waals surface area contributed by atoms with Crippen LogP contribution in [0.3, 0.4) is 0 Å². The fourth-order valence-electron chi connectivity index (χ4n) is 2.18. The van der Waals surface area contributed by atoms with Gasteiger partial charge in [-0.2, -0.15) is 0 Å². The van der Waals surface area contributed by atoms with Crippen molar-refractivity contribution in [2.45, 2.75) is 38.3 Å². The molecule has 2 unspecified atom stereocenters. The summed E-state index contributed by atoms with van der Waals surface area (Å²) < 4.78 is 19.0. The third-order valence-corrected chi connectivity index (χ3v) is 3.68. The van der Waals surface area contributed by atoms with E-state index in [0.717, 1.165) is 31.6 Å². The molecule has 1 N–H and O–H groups in total. The summed E-state index contributed by atoms with van der Waals surface area (Å²) in [6, 6.07) is 5.04. The lowest BCUT2D eigenvalue weighted by molar-refractivity contribution is 0.0156. The fraction of sp³-hybridized carbons (Fsp3) is 0.571. The molecule has 1 aromatic carbocycles. The van der Waals surface area contributed by atoms with Gasteiger partial charge in [0.2, 0.25) is 0 Å². The van der Waals surface area contributed by atoms with Crippen LogP contribution in [0.5, 0.6) is 0 Å². The molecule has 0 bridgehead atoms. The molecular formula is C14H19ClFNO. The van der Waals surface area contributed by atoms with Crippen LogP contribution in [-0.4, -0.2) is 19.3 Å². The molecule has 100 valence electrons. The van der Waals surface area contributed by atoms with Gasteiger partial charge in [-0.25, -0.2) is 4.39 Å². The number of hydrogen-bond acceptors (Lipinski definition) is 2. The molecule has 2 rings (SSSR count). The first kappa shape index (κ1) is 13.8. The lowest BCUT2D eigenvalue weighted by Gasteiger charge is -2.25. The van der Waals surface area contributed by atoms with E-state index in [9.17, 15) is 4.39 Å². The number of halogens is 2. The average Bonchev–Trinajstić information content (AvgIpc) is 2.40. The fourth-order valence-corrected chi connectivity index (χ4v) is 2.29. The first-order valence-electron chi connectivity index (χ1n) is 6.47. The Bertz CT molecular complexity index is 393. The predicted octanol–water partition coefficient (Wildman–Crippen LogP) is 3.70. The normalized spacial score (nSPS) is 21.8. The summed E-state index contributed by atoms with van der Waals surface area (Å²) >= 11 is 5.67. The molecule has 4 heteroatoms. The number of rotatable bonds is 4.